The van der Waals surface area contributed by atoms with E-state index in [1.54, 1.807) is 15.9 Å². The van der Waals surface area contributed by atoms with Gasteiger partial charge in [0, 0.05) is 32.7 Å². The van der Waals surface area contributed by atoms with E-state index in [4.69, 9.17) is 9.84 Å². The van der Waals surface area contributed by atoms with Crippen LogP contribution < -0.4 is 5.32 Å². The Morgan fingerprint density at radius 3 is 2.35 bits per heavy atom. The van der Waals surface area contributed by atoms with Gasteiger partial charge >= 0.3 is 12.1 Å². The van der Waals surface area contributed by atoms with Crippen molar-refractivity contribution < 1.29 is 29.0 Å². The Bertz CT molecular complexity index is 692. The predicted octanol–water partition coefficient (Wildman–Crippen LogP) is 2.02. The molecule has 2 fully saturated rings. The van der Waals surface area contributed by atoms with Gasteiger partial charge in [0.05, 0.1) is 12.3 Å². The summed E-state index contributed by atoms with van der Waals surface area (Å²) in [6.45, 7) is 7.78. The van der Waals surface area contributed by atoms with E-state index < -0.39 is 11.6 Å². The summed E-state index contributed by atoms with van der Waals surface area (Å²) in [5.74, 6) is -1.35. The van der Waals surface area contributed by atoms with Gasteiger partial charge in [0.25, 0.3) is 0 Å². The van der Waals surface area contributed by atoms with Crippen molar-refractivity contribution in [2.45, 2.75) is 58.5 Å². The molecule has 9 heteroatoms. The van der Waals surface area contributed by atoms with E-state index in [1.807, 2.05) is 26.8 Å². The smallest absolute Gasteiger partial charge is 0.410 e. The molecule has 0 aromatic rings. The van der Waals surface area contributed by atoms with E-state index in [0.717, 1.165) is 19.3 Å². The van der Waals surface area contributed by atoms with Gasteiger partial charge in [-0.25, -0.2) is 4.79 Å². The minimum atomic E-state index is -0.956. The van der Waals surface area contributed by atoms with Crippen molar-refractivity contribution in [3.63, 3.8) is 0 Å². The summed E-state index contributed by atoms with van der Waals surface area (Å²) in [5, 5.41) is 11.3. The number of carboxylic acids is 1. The lowest BCUT2D eigenvalue weighted by molar-refractivity contribution is -0.137. The Kier molecular flexibility index (Phi) is 8.88. The highest BCUT2D eigenvalue weighted by atomic mass is 16.6. The molecule has 2 rings (SSSR count). The molecule has 2 saturated heterocycles. The van der Waals surface area contributed by atoms with Crippen LogP contribution in [-0.2, 0) is 19.1 Å². The topological polar surface area (TPSA) is 116 Å². The molecule has 0 saturated carbocycles. The molecule has 3 amide bonds. The summed E-state index contributed by atoms with van der Waals surface area (Å²) < 4.78 is 5.40. The number of amides is 3. The first-order valence-corrected chi connectivity index (χ1v) is 11.0. The number of piperidine rings is 2. The zero-order valence-electron chi connectivity index (χ0n) is 18.8. The van der Waals surface area contributed by atoms with Crippen molar-refractivity contribution in [3.05, 3.63) is 12.2 Å². The molecule has 2 heterocycles. The van der Waals surface area contributed by atoms with E-state index in [9.17, 15) is 19.2 Å². The number of aliphatic carboxylic acids is 1. The van der Waals surface area contributed by atoms with Crippen molar-refractivity contribution >= 4 is 23.9 Å². The van der Waals surface area contributed by atoms with Crippen molar-refractivity contribution in [2.24, 2.45) is 11.8 Å². The van der Waals surface area contributed by atoms with Gasteiger partial charge in [0.2, 0.25) is 11.8 Å². The van der Waals surface area contributed by atoms with Crippen molar-refractivity contribution in [3.8, 4) is 0 Å². The van der Waals surface area contributed by atoms with Crippen molar-refractivity contribution in [1.29, 1.82) is 0 Å². The van der Waals surface area contributed by atoms with Gasteiger partial charge in [0.15, 0.2) is 0 Å². The van der Waals surface area contributed by atoms with Crippen LogP contribution in [-0.4, -0.2) is 77.1 Å². The molecule has 2 aliphatic heterocycles. The first-order valence-electron chi connectivity index (χ1n) is 11.0. The first kappa shape index (κ1) is 24.7. The number of likely N-dealkylation sites (tertiary alicyclic amines) is 2. The quantitative estimate of drug-likeness (QED) is 0.614. The van der Waals surface area contributed by atoms with Crippen LogP contribution in [0.1, 0.15) is 52.9 Å². The van der Waals surface area contributed by atoms with Gasteiger partial charge in [-0.1, -0.05) is 6.08 Å². The summed E-state index contributed by atoms with van der Waals surface area (Å²) in [6.07, 6.45) is 6.06. The Hall–Kier alpha value is -2.58. The van der Waals surface area contributed by atoms with Gasteiger partial charge in [-0.05, 0) is 58.4 Å². The number of allylic oxidation sites excluding steroid dienone is 1. The van der Waals surface area contributed by atoms with Crippen molar-refractivity contribution in [1.82, 2.24) is 15.1 Å². The summed E-state index contributed by atoms with van der Waals surface area (Å²) >= 11 is 0. The van der Waals surface area contributed by atoms with E-state index in [2.05, 4.69) is 5.32 Å². The molecule has 31 heavy (non-hydrogen) atoms. The number of carboxylic acid groups (broad SMARTS) is 1. The minimum absolute atomic E-state index is 0.0977. The fraction of sp³-hybridized carbons (Fsp3) is 0.727. The largest absolute Gasteiger partial charge is 0.481 e. The molecular formula is C22H35N3O6. The number of rotatable bonds is 6. The van der Waals surface area contributed by atoms with Crippen LogP contribution in [0.3, 0.4) is 0 Å². The Balaban J connectivity index is 1.76. The molecule has 0 aromatic heterocycles. The maximum atomic E-state index is 12.6. The molecule has 174 valence electrons. The standard InChI is InChI=1S/C22H35N3O6/c1-22(2,3)31-21(30)24-13-9-16(10-14-24)6-7-18(26)25-12-4-5-17(15-25)20(29)23-11-8-19(27)28/h6-7,16-17H,4-5,8-15H2,1-3H3,(H,23,29)(H,27,28)/b7-6+/t17-/m1/s1. The van der Waals surface area contributed by atoms with Crippen LogP contribution in [0, 0.1) is 11.8 Å². The highest BCUT2D eigenvalue weighted by Gasteiger charge is 2.28. The Morgan fingerprint density at radius 1 is 1.06 bits per heavy atom. The van der Waals surface area contributed by atoms with Gasteiger partial charge in [-0.15, -0.1) is 0 Å². The number of nitrogens with zero attached hydrogens (tertiary/aromatic N) is 2. The van der Waals surface area contributed by atoms with Gasteiger partial charge in [-0.2, -0.15) is 0 Å². The first-order chi connectivity index (χ1) is 14.5. The van der Waals surface area contributed by atoms with Gasteiger partial charge in [0.1, 0.15) is 5.60 Å². The van der Waals surface area contributed by atoms with Gasteiger partial charge < -0.3 is 25.0 Å². The highest BCUT2D eigenvalue weighted by molar-refractivity contribution is 5.88. The maximum Gasteiger partial charge on any atom is 0.410 e. The second-order valence-corrected chi connectivity index (χ2v) is 9.22. The number of hydrogen-bond acceptors (Lipinski definition) is 5. The summed E-state index contributed by atoms with van der Waals surface area (Å²) in [5.41, 5.74) is -0.514. The second-order valence-electron chi connectivity index (χ2n) is 9.22. The fourth-order valence-electron chi connectivity index (χ4n) is 3.75. The number of carbonyl (C=O) groups excluding carboxylic acids is 3. The molecule has 2 N–H and O–H groups in total. The van der Waals surface area contributed by atoms with Crippen LogP contribution in [0.5, 0.6) is 0 Å². The lowest BCUT2D eigenvalue weighted by atomic mass is 9.95. The molecule has 0 aromatic carbocycles. The van der Waals surface area contributed by atoms with Gasteiger partial charge in [-0.3, -0.25) is 14.4 Å². The molecule has 2 aliphatic rings. The van der Waals surface area contributed by atoms with E-state index in [0.29, 0.717) is 32.6 Å². The van der Waals surface area contributed by atoms with E-state index >= 15 is 0 Å². The Labute approximate surface area is 183 Å². The third-order valence-corrected chi connectivity index (χ3v) is 5.44. The number of nitrogens with one attached hydrogen (secondary N) is 1. The number of carbonyl (C=O) groups is 4. The third-order valence-electron chi connectivity index (χ3n) is 5.44. The predicted molar refractivity (Wildman–Crippen MR) is 114 cm³/mol. The van der Waals surface area contributed by atoms with E-state index in [1.165, 1.54) is 0 Å². The summed E-state index contributed by atoms with van der Waals surface area (Å²) in [6, 6.07) is 0. The molecule has 0 aliphatic carbocycles. The van der Waals surface area contributed by atoms with Crippen LogP contribution in [0.25, 0.3) is 0 Å². The molecule has 0 spiro atoms. The average molecular weight is 438 g/mol. The molecule has 0 unspecified atom stereocenters. The molecule has 1 atom stereocenters. The summed E-state index contributed by atoms with van der Waals surface area (Å²) in [4.78, 5) is 50.9. The van der Waals surface area contributed by atoms with Crippen LogP contribution in [0.2, 0.25) is 0 Å². The molecular weight excluding hydrogens is 402 g/mol. The normalized spacial score (nSPS) is 20.5. The third kappa shape index (κ3) is 8.59. The van der Waals surface area contributed by atoms with Crippen LogP contribution in [0.15, 0.2) is 12.2 Å². The molecule has 0 bridgehead atoms. The van der Waals surface area contributed by atoms with E-state index in [-0.39, 0.29) is 42.7 Å². The van der Waals surface area contributed by atoms with Crippen LogP contribution >= 0.6 is 0 Å². The molecule has 0 radical (unpaired) electrons. The maximum absolute atomic E-state index is 12.6. The Morgan fingerprint density at radius 2 is 1.74 bits per heavy atom. The summed E-state index contributed by atoms with van der Waals surface area (Å²) in [7, 11) is 0. The lowest BCUT2D eigenvalue weighted by Gasteiger charge is -2.33. The number of ether oxygens (including phenoxy) is 1. The zero-order chi connectivity index (χ0) is 23.0. The highest BCUT2D eigenvalue weighted by Crippen LogP contribution is 2.22. The fourth-order valence-corrected chi connectivity index (χ4v) is 3.75. The zero-order valence-corrected chi connectivity index (χ0v) is 18.8. The number of hydrogen-bond donors (Lipinski definition) is 2. The second kappa shape index (κ2) is 11.2. The van der Waals surface area contributed by atoms with Crippen LogP contribution in [0.4, 0.5) is 4.79 Å². The SMILES string of the molecule is CC(C)(C)OC(=O)N1CCC(/C=C/C(=O)N2CCC[C@@H](C(=O)NCCC(=O)O)C2)CC1. The monoisotopic (exact) mass is 437 g/mol. The average Bonchev–Trinajstić information content (AvgIpc) is 2.71. The lowest BCUT2D eigenvalue weighted by Crippen LogP contribution is -2.45. The minimum Gasteiger partial charge on any atom is -0.481 e. The van der Waals surface area contributed by atoms with Crippen molar-refractivity contribution in [2.75, 3.05) is 32.7 Å². The molecule has 9 nitrogen and oxygen atoms in total.